The van der Waals surface area contributed by atoms with Gasteiger partial charge in [0.2, 0.25) is 0 Å². The summed E-state index contributed by atoms with van der Waals surface area (Å²) in [5, 5.41) is 3.23. The van der Waals surface area contributed by atoms with Gasteiger partial charge in [0.25, 0.3) is 10.0 Å². The average molecular weight is 320 g/mol. The number of sulfonamides is 1. The minimum atomic E-state index is -3.56. The highest BCUT2D eigenvalue weighted by Gasteiger charge is 2.19. The SMILES string of the molecule is CSc1ccccc1NS(=O)(=O)c1ccc2c(c1)CCN2. The summed E-state index contributed by atoms with van der Waals surface area (Å²) >= 11 is 1.51. The van der Waals surface area contributed by atoms with E-state index in [-0.39, 0.29) is 0 Å². The maximum absolute atomic E-state index is 12.5. The first-order valence-corrected chi connectivity index (χ1v) is 9.33. The van der Waals surface area contributed by atoms with Crippen LogP contribution in [0.2, 0.25) is 0 Å². The molecule has 1 heterocycles. The summed E-state index contributed by atoms with van der Waals surface area (Å²) in [5.74, 6) is 0. The van der Waals surface area contributed by atoms with E-state index < -0.39 is 10.0 Å². The fourth-order valence-corrected chi connectivity index (χ4v) is 4.13. The largest absolute Gasteiger partial charge is 0.384 e. The molecule has 4 nitrogen and oxygen atoms in total. The Morgan fingerprint density at radius 2 is 2.00 bits per heavy atom. The summed E-state index contributed by atoms with van der Waals surface area (Å²) in [4.78, 5) is 1.21. The lowest BCUT2D eigenvalue weighted by Crippen LogP contribution is -2.13. The standard InChI is InChI=1S/C15H16N2O2S2/c1-20-15-5-3-2-4-14(15)17-21(18,19)12-6-7-13-11(10-12)8-9-16-13/h2-7,10,16-17H,8-9H2,1H3. The third-order valence-corrected chi connectivity index (χ3v) is 5.61. The third-order valence-electron chi connectivity index (χ3n) is 3.45. The number of benzene rings is 2. The van der Waals surface area contributed by atoms with Gasteiger partial charge in [0.15, 0.2) is 0 Å². The van der Waals surface area contributed by atoms with E-state index in [0.29, 0.717) is 10.6 Å². The zero-order chi connectivity index (χ0) is 14.9. The van der Waals surface area contributed by atoms with Crippen LogP contribution in [0.1, 0.15) is 5.56 Å². The fourth-order valence-electron chi connectivity index (χ4n) is 2.38. The van der Waals surface area contributed by atoms with Crippen molar-refractivity contribution in [3.8, 4) is 0 Å². The van der Waals surface area contributed by atoms with Crippen molar-refractivity contribution >= 4 is 33.2 Å². The maximum Gasteiger partial charge on any atom is 0.261 e. The van der Waals surface area contributed by atoms with E-state index in [1.54, 1.807) is 18.2 Å². The first kappa shape index (κ1) is 14.3. The molecule has 0 radical (unpaired) electrons. The molecule has 0 bridgehead atoms. The van der Waals surface area contributed by atoms with Crippen molar-refractivity contribution in [1.82, 2.24) is 0 Å². The number of thioether (sulfide) groups is 1. The van der Waals surface area contributed by atoms with Crippen LogP contribution >= 0.6 is 11.8 Å². The average Bonchev–Trinajstić information content (AvgIpc) is 2.95. The molecule has 3 rings (SSSR count). The van der Waals surface area contributed by atoms with Gasteiger partial charge in [-0.05, 0) is 48.6 Å². The lowest BCUT2D eigenvalue weighted by atomic mass is 10.2. The minimum Gasteiger partial charge on any atom is -0.384 e. The number of para-hydroxylation sites is 1. The predicted octanol–water partition coefficient (Wildman–Crippen LogP) is 3.18. The van der Waals surface area contributed by atoms with Crippen LogP contribution in [-0.4, -0.2) is 21.2 Å². The highest BCUT2D eigenvalue weighted by atomic mass is 32.2. The smallest absolute Gasteiger partial charge is 0.261 e. The molecule has 0 saturated heterocycles. The van der Waals surface area contributed by atoms with Crippen LogP contribution in [0.25, 0.3) is 0 Å². The molecule has 2 aromatic rings. The maximum atomic E-state index is 12.5. The number of hydrogen-bond donors (Lipinski definition) is 2. The molecular weight excluding hydrogens is 304 g/mol. The lowest BCUT2D eigenvalue weighted by molar-refractivity contribution is 0.601. The van der Waals surface area contributed by atoms with Crippen LogP contribution in [0.15, 0.2) is 52.3 Å². The van der Waals surface area contributed by atoms with E-state index in [1.165, 1.54) is 11.8 Å². The van der Waals surface area contributed by atoms with Crippen molar-refractivity contribution in [2.75, 3.05) is 22.8 Å². The summed E-state index contributed by atoms with van der Waals surface area (Å²) in [5.41, 5.74) is 2.69. The third kappa shape index (κ3) is 2.87. The van der Waals surface area contributed by atoms with Gasteiger partial charge in [-0.2, -0.15) is 0 Å². The Hall–Kier alpha value is -1.66. The minimum absolute atomic E-state index is 0.306. The van der Waals surface area contributed by atoms with Crippen LogP contribution in [0, 0.1) is 0 Å². The molecule has 0 spiro atoms. The molecular formula is C15H16N2O2S2. The molecule has 0 fully saturated rings. The van der Waals surface area contributed by atoms with E-state index >= 15 is 0 Å². The fraction of sp³-hybridized carbons (Fsp3) is 0.200. The topological polar surface area (TPSA) is 58.2 Å². The monoisotopic (exact) mass is 320 g/mol. The van der Waals surface area contributed by atoms with E-state index in [4.69, 9.17) is 0 Å². The molecule has 1 aliphatic heterocycles. The summed E-state index contributed by atoms with van der Waals surface area (Å²) in [6.07, 6.45) is 2.79. The van der Waals surface area contributed by atoms with E-state index in [0.717, 1.165) is 29.1 Å². The summed E-state index contributed by atoms with van der Waals surface area (Å²) < 4.78 is 27.7. The first-order valence-electron chi connectivity index (χ1n) is 6.63. The van der Waals surface area contributed by atoms with Gasteiger partial charge in [-0.25, -0.2) is 8.42 Å². The number of hydrogen-bond acceptors (Lipinski definition) is 4. The van der Waals surface area contributed by atoms with Crippen molar-refractivity contribution in [2.45, 2.75) is 16.2 Å². The van der Waals surface area contributed by atoms with Crippen LogP contribution in [0.3, 0.4) is 0 Å². The number of fused-ring (bicyclic) bond motifs is 1. The van der Waals surface area contributed by atoms with Gasteiger partial charge in [0, 0.05) is 17.1 Å². The van der Waals surface area contributed by atoms with Crippen LogP contribution in [-0.2, 0) is 16.4 Å². The Labute approximate surface area is 129 Å². The molecule has 6 heteroatoms. The Bertz CT molecular complexity index is 773. The molecule has 2 N–H and O–H groups in total. The molecule has 21 heavy (non-hydrogen) atoms. The molecule has 0 amide bonds. The van der Waals surface area contributed by atoms with Crippen LogP contribution < -0.4 is 10.0 Å². The second-order valence-electron chi connectivity index (χ2n) is 4.80. The quantitative estimate of drug-likeness (QED) is 0.850. The van der Waals surface area contributed by atoms with Gasteiger partial charge in [-0.3, -0.25) is 4.72 Å². The normalized spacial score (nSPS) is 13.6. The Balaban J connectivity index is 1.94. The number of nitrogens with one attached hydrogen (secondary N) is 2. The highest BCUT2D eigenvalue weighted by Crippen LogP contribution is 2.29. The summed E-state index contributed by atoms with van der Waals surface area (Å²) in [6.45, 7) is 0.863. The second-order valence-corrected chi connectivity index (χ2v) is 7.33. The van der Waals surface area contributed by atoms with Gasteiger partial charge in [-0.15, -0.1) is 11.8 Å². The van der Waals surface area contributed by atoms with Gasteiger partial charge in [-0.1, -0.05) is 12.1 Å². The Kier molecular flexibility index (Phi) is 3.82. The van der Waals surface area contributed by atoms with Gasteiger partial charge in [0.05, 0.1) is 10.6 Å². The van der Waals surface area contributed by atoms with Crippen molar-refractivity contribution in [3.05, 3.63) is 48.0 Å². The zero-order valence-corrected chi connectivity index (χ0v) is 13.2. The molecule has 0 saturated carbocycles. The molecule has 0 atom stereocenters. The predicted molar refractivity (Wildman–Crippen MR) is 87.7 cm³/mol. The molecule has 0 unspecified atom stereocenters. The molecule has 110 valence electrons. The summed E-state index contributed by atoms with van der Waals surface area (Å²) in [6, 6.07) is 12.6. The van der Waals surface area contributed by atoms with Crippen molar-refractivity contribution < 1.29 is 8.42 Å². The van der Waals surface area contributed by atoms with Crippen molar-refractivity contribution in [3.63, 3.8) is 0 Å². The van der Waals surface area contributed by atoms with E-state index in [1.807, 2.05) is 30.5 Å². The zero-order valence-electron chi connectivity index (χ0n) is 11.6. The van der Waals surface area contributed by atoms with Crippen molar-refractivity contribution in [2.24, 2.45) is 0 Å². The second kappa shape index (κ2) is 5.61. The van der Waals surface area contributed by atoms with Gasteiger partial charge >= 0.3 is 0 Å². The summed E-state index contributed by atoms with van der Waals surface area (Å²) in [7, 11) is -3.56. The molecule has 1 aliphatic rings. The molecule has 0 aliphatic carbocycles. The van der Waals surface area contributed by atoms with E-state index in [9.17, 15) is 8.42 Å². The van der Waals surface area contributed by atoms with Gasteiger partial charge in [0.1, 0.15) is 0 Å². The molecule has 2 aromatic carbocycles. The lowest BCUT2D eigenvalue weighted by Gasteiger charge is -2.12. The Morgan fingerprint density at radius 3 is 2.81 bits per heavy atom. The van der Waals surface area contributed by atoms with Crippen LogP contribution in [0.5, 0.6) is 0 Å². The number of rotatable bonds is 4. The first-order chi connectivity index (χ1) is 10.1. The van der Waals surface area contributed by atoms with Crippen LogP contribution in [0.4, 0.5) is 11.4 Å². The molecule has 0 aromatic heterocycles. The van der Waals surface area contributed by atoms with Gasteiger partial charge < -0.3 is 5.32 Å². The number of anilines is 2. The van der Waals surface area contributed by atoms with E-state index in [2.05, 4.69) is 10.0 Å². The van der Waals surface area contributed by atoms with Crippen molar-refractivity contribution in [1.29, 1.82) is 0 Å². The highest BCUT2D eigenvalue weighted by molar-refractivity contribution is 7.99. The Morgan fingerprint density at radius 1 is 1.19 bits per heavy atom.